The van der Waals surface area contributed by atoms with Gasteiger partial charge in [0, 0.05) is 11.9 Å². The Kier molecular flexibility index (Phi) is 3.31. The van der Waals surface area contributed by atoms with E-state index < -0.39 is 0 Å². The molecule has 4 nitrogen and oxygen atoms in total. The summed E-state index contributed by atoms with van der Waals surface area (Å²) in [5, 5.41) is 8.49. The molecule has 0 radical (unpaired) electrons. The fourth-order valence-electron chi connectivity index (χ4n) is 1.13. The fourth-order valence-corrected chi connectivity index (χ4v) is 1.59. The smallest absolute Gasteiger partial charge is 0.253 e. The van der Waals surface area contributed by atoms with E-state index in [-0.39, 0.29) is 6.61 Å². The first-order chi connectivity index (χ1) is 7.65. The van der Waals surface area contributed by atoms with Crippen LogP contribution in [0, 0.1) is 6.92 Å². The summed E-state index contributed by atoms with van der Waals surface area (Å²) >= 11 is 11.7. The maximum absolute atomic E-state index is 5.92. The molecule has 84 valence electrons. The minimum absolute atomic E-state index is 0.183. The average molecular weight is 259 g/mol. The molecule has 0 saturated heterocycles. The second-order valence-electron chi connectivity index (χ2n) is 3.08. The van der Waals surface area contributed by atoms with E-state index in [9.17, 15) is 0 Å². The van der Waals surface area contributed by atoms with E-state index in [1.807, 2.05) is 0 Å². The van der Waals surface area contributed by atoms with Gasteiger partial charge < -0.3 is 9.15 Å². The van der Waals surface area contributed by atoms with Crippen LogP contribution in [-0.2, 0) is 6.61 Å². The van der Waals surface area contributed by atoms with E-state index in [1.165, 1.54) is 0 Å². The summed E-state index contributed by atoms with van der Waals surface area (Å²) in [7, 11) is 0. The largest absolute Gasteiger partial charge is 0.482 e. The molecule has 0 atom stereocenters. The number of halogens is 2. The van der Waals surface area contributed by atoms with E-state index in [1.54, 1.807) is 25.1 Å². The summed E-state index contributed by atoms with van der Waals surface area (Å²) in [5.41, 5.74) is 0. The Morgan fingerprint density at radius 3 is 2.75 bits per heavy atom. The van der Waals surface area contributed by atoms with Gasteiger partial charge in [0.25, 0.3) is 5.89 Å². The second kappa shape index (κ2) is 4.72. The molecule has 1 aromatic carbocycles. The molecule has 0 amide bonds. The number of hydrogen-bond acceptors (Lipinski definition) is 4. The van der Waals surface area contributed by atoms with E-state index in [0.717, 1.165) is 0 Å². The van der Waals surface area contributed by atoms with Gasteiger partial charge >= 0.3 is 0 Å². The summed E-state index contributed by atoms with van der Waals surface area (Å²) in [5.74, 6) is 1.44. The van der Waals surface area contributed by atoms with Crippen LogP contribution in [0.15, 0.2) is 22.6 Å². The maximum atomic E-state index is 5.92. The van der Waals surface area contributed by atoms with Gasteiger partial charge in [-0.1, -0.05) is 23.2 Å². The molecule has 0 aliphatic heterocycles. The van der Waals surface area contributed by atoms with Gasteiger partial charge in [-0.15, -0.1) is 10.2 Å². The lowest BCUT2D eigenvalue weighted by atomic mass is 10.3. The van der Waals surface area contributed by atoms with Gasteiger partial charge in [0.2, 0.25) is 5.89 Å². The van der Waals surface area contributed by atoms with Gasteiger partial charge in [0.15, 0.2) is 6.61 Å². The van der Waals surface area contributed by atoms with Crippen LogP contribution in [0.25, 0.3) is 0 Å². The van der Waals surface area contributed by atoms with Crippen LogP contribution in [0.3, 0.4) is 0 Å². The maximum Gasteiger partial charge on any atom is 0.253 e. The van der Waals surface area contributed by atoms with Crippen molar-refractivity contribution in [2.75, 3.05) is 0 Å². The van der Waals surface area contributed by atoms with Crippen molar-refractivity contribution in [3.8, 4) is 5.75 Å². The summed E-state index contributed by atoms with van der Waals surface area (Å²) < 4.78 is 10.6. The second-order valence-corrected chi connectivity index (χ2v) is 3.92. The van der Waals surface area contributed by atoms with Crippen LogP contribution >= 0.6 is 23.2 Å². The molecule has 0 aliphatic rings. The quantitative estimate of drug-likeness (QED) is 0.848. The Labute approximate surface area is 102 Å². The topological polar surface area (TPSA) is 48.2 Å². The van der Waals surface area contributed by atoms with Crippen LogP contribution in [0.5, 0.6) is 5.75 Å². The van der Waals surface area contributed by atoms with Gasteiger partial charge in [-0.05, 0) is 18.2 Å². The van der Waals surface area contributed by atoms with Crippen molar-refractivity contribution >= 4 is 23.2 Å². The van der Waals surface area contributed by atoms with Crippen molar-refractivity contribution in [3.05, 3.63) is 40.0 Å². The lowest BCUT2D eigenvalue weighted by molar-refractivity contribution is 0.260. The van der Waals surface area contributed by atoms with E-state index in [0.29, 0.717) is 27.6 Å². The van der Waals surface area contributed by atoms with Gasteiger partial charge in [-0.25, -0.2) is 0 Å². The highest BCUT2D eigenvalue weighted by molar-refractivity contribution is 6.35. The molecular formula is C10H8Cl2N2O2. The fraction of sp³-hybridized carbons (Fsp3) is 0.200. The molecule has 16 heavy (non-hydrogen) atoms. The predicted octanol–water partition coefficient (Wildman–Crippen LogP) is 3.26. The lowest BCUT2D eigenvalue weighted by Gasteiger charge is -2.05. The zero-order valence-electron chi connectivity index (χ0n) is 8.41. The van der Waals surface area contributed by atoms with Crippen molar-refractivity contribution in [2.45, 2.75) is 13.5 Å². The molecule has 0 aliphatic carbocycles. The first kappa shape index (κ1) is 11.2. The number of benzene rings is 1. The lowest BCUT2D eigenvalue weighted by Crippen LogP contribution is -1.96. The van der Waals surface area contributed by atoms with E-state index in [2.05, 4.69) is 10.2 Å². The standard InChI is InChI=1S/C10H8Cl2N2O2/c1-6-13-14-10(16-6)5-15-9-3-2-7(11)4-8(9)12/h2-4H,5H2,1H3. The number of ether oxygens (including phenoxy) is 1. The molecule has 1 aromatic heterocycles. The van der Waals surface area contributed by atoms with Gasteiger partial charge in [-0.2, -0.15) is 0 Å². The van der Waals surface area contributed by atoms with Crippen LogP contribution in [0.1, 0.15) is 11.8 Å². The minimum Gasteiger partial charge on any atom is -0.482 e. The third-order valence-electron chi connectivity index (χ3n) is 1.81. The highest BCUT2D eigenvalue weighted by atomic mass is 35.5. The molecule has 2 rings (SSSR count). The van der Waals surface area contributed by atoms with Crippen molar-refractivity contribution in [1.29, 1.82) is 0 Å². The first-order valence-corrected chi connectivity index (χ1v) is 5.27. The Hall–Kier alpha value is -1.26. The number of aromatic nitrogens is 2. The molecular weight excluding hydrogens is 251 g/mol. The summed E-state index contributed by atoms with van der Waals surface area (Å²) in [6.07, 6.45) is 0. The molecule has 0 spiro atoms. The molecule has 0 N–H and O–H groups in total. The highest BCUT2D eigenvalue weighted by Crippen LogP contribution is 2.27. The van der Waals surface area contributed by atoms with Crippen molar-refractivity contribution in [1.82, 2.24) is 10.2 Å². The number of nitrogens with zero attached hydrogens (tertiary/aromatic N) is 2. The van der Waals surface area contributed by atoms with Crippen LogP contribution in [0.2, 0.25) is 10.0 Å². The third kappa shape index (κ3) is 2.65. The molecule has 0 bridgehead atoms. The minimum atomic E-state index is 0.183. The SMILES string of the molecule is Cc1nnc(COc2ccc(Cl)cc2Cl)o1. The zero-order chi connectivity index (χ0) is 11.5. The Morgan fingerprint density at radius 1 is 1.31 bits per heavy atom. The molecule has 2 aromatic rings. The van der Waals surface area contributed by atoms with E-state index in [4.69, 9.17) is 32.4 Å². The summed E-state index contributed by atoms with van der Waals surface area (Å²) in [6.45, 7) is 1.90. The van der Waals surface area contributed by atoms with Crippen molar-refractivity contribution in [3.63, 3.8) is 0 Å². The predicted molar refractivity (Wildman–Crippen MR) is 59.8 cm³/mol. The first-order valence-electron chi connectivity index (χ1n) is 4.52. The monoisotopic (exact) mass is 258 g/mol. The van der Waals surface area contributed by atoms with Gasteiger partial charge in [-0.3, -0.25) is 0 Å². The number of aryl methyl sites for hydroxylation is 1. The van der Waals surface area contributed by atoms with Crippen LogP contribution in [0.4, 0.5) is 0 Å². The normalized spacial score (nSPS) is 10.4. The van der Waals surface area contributed by atoms with E-state index >= 15 is 0 Å². The van der Waals surface area contributed by atoms with Gasteiger partial charge in [0.05, 0.1) is 5.02 Å². The highest BCUT2D eigenvalue weighted by Gasteiger charge is 2.06. The number of rotatable bonds is 3. The van der Waals surface area contributed by atoms with Crippen LogP contribution in [-0.4, -0.2) is 10.2 Å². The molecule has 0 unspecified atom stereocenters. The Morgan fingerprint density at radius 2 is 2.12 bits per heavy atom. The number of hydrogen-bond donors (Lipinski definition) is 0. The summed E-state index contributed by atoms with van der Waals surface area (Å²) in [6, 6.07) is 4.99. The average Bonchev–Trinajstić information content (AvgIpc) is 2.63. The Balaban J connectivity index is 2.04. The summed E-state index contributed by atoms with van der Waals surface area (Å²) in [4.78, 5) is 0. The molecule has 6 heteroatoms. The molecule has 0 saturated carbocycles. The Bertz CT molecular complexity index is 499. The third-order valence-corrected chi connectivity index (χ3v) is 2.34. The van der Waals surface area contributed by atoms with Crippen molar-refractivity contribution in [2.24, 2.45) is 0 Å². The zero-order valence-corrected chi connectivity index (χ0v) is 9.92. The van der Waals surface area contributed by atoms with Crippen molar-refractivity contribution < 1.29 is 9.15 Å². The molecule has 1 heterocycles. The van der Waals surface area contributed by atoms with Gasteiger partial charge in [0.1, 0.15) is 5.75 Å². The molecule has 0 fully saturated rings. The van der Waals surface area contributed by atoms with Crippen LogP contribution < -0.4 is 4.74 Å².